The fourth-order valence-electron chi connectivity index (χ4n) is 3.51. The Kier molecular flexibility index (Phi) is 3.53. The smallest absolute Gasteiger partial charge is 0.254 e. The van der Waals surface area contributed by atoms with Gasteiger partial charge in [-0.05, 0) is 25.1 Å². The first-order valence-corrected chi connectivity index (χ1v) is 8.87. The van der Waals surface area contributed by atoms with E-state index in [2.05, 4.69) is 20.1 Å². The second kappa shape index (κ2) is 6.05. The van der Waals surface area contributed by atoms with Gasteiger partial charge < -0.3 is 9.88 Å². The molecule has 0 aliphatic carbocycles. The molecule has 7 heteroatoms. The van der Waals surface area contributed by atoms with Gasteiger partial charge in [0.15, 0.2) is 0 Å². The minimum Gasteiger partial charge on any atom is -0.346 e. The summed E-state index contributed by atoms with van der Waals surface area (Å²) in [4.78, 5) is 26.2. The van der Waals surface area contributed by atoms with Crippen LogP contribution in [0.3, 0.4) is 0 Å². The van der Waals surface area contributed by atoms with Crippen molar-refractivity contribution in [3.05, 3.63) is 66.4 Å². The third-order valence-electron chi connectivity index (χ3n) is 5.02. The lowest BCUT2D eigenvalue weighted by atomic mass is 10.1. The summed E-state index contributed by atoms with van der Waals surface area (Å²) in [5, 5.41) is 5.47. The van der Waals surface area contributed by atoms with Crippen molar-refractivity contribution in [2.24, 2.45) is 0 Å². The lowest BCUT2D eigenvalue weighted by Crippen LogP contribution is -2.50. The van der Waals surface area contributed by atoms with Gasteiger partial charge in [0.2, 0.25) is 0 Å². The van der Waals surface area contributed by atoms with Crippen LogP contribution in [-0.4, -0.2) is 48.6 Å². The molecule has 0 atom stereocenters. The summed E-state index contributed by atoms with van der Waals surface area (Å²) in [5.41, 5.74) is 4.46. The highest BCUT2D eigenvalue weighted by Crippen LogP contribution is 2.28. The van der Waals surface area contributed by atoms with Crippen LogP contribution in [0.4, 0.5) is 0 Å². The zero-order valence-electron chi connectivity index (χ0n) is 14.8. The minimum atomic E-state index is 0.0761. The number of nitrogens with one attached hydrogen (secondary N) is 1. The molecule has 1 aliphatic heterocycles. The number of carbonyl (C=O) groups excluding carboxylic acids is 1. The number of aryl methyl sites for hydroxylation is 1. The Hall–Kier alpha value is -3.48. The van der Waals surface area contributed by atoms with Crippen LogP contribution in [0, 0.1) is 6.92 Å². The number of aromatic nitrogens is 5. The van der Waals surface area contributed by atoms with E-state index < -0.39 is 0 Å². The average molecular weight is 358 g/mol. The van der Waals surface area contributed by atoms with E-state index in [0.717, 1.165) is 33.4 Å². The highest BCUT2D eigenvalue weighted by atomic mass is 16.2. The molecule has 1 aromatic carbocycles. The van der Waals surface area contributed by atoms with Crippen molar-refractivity contribution in [1.29, 1.82) is 0 Å². The molecule has 0 bridgehead atoms. The number of H-pyrrole nitrogens is 1. The molecule has 0 spiro atoms. The molecule has 4 aromatic rings. The van der Waals surface area contributed by atoms with Crippen molar-refractivity contribution in [2.75, 3.05) is 13.1 Å². The van der Waals surface area contributed by atoms with E-state index in [0.29, 0.717) is 13.1 Å². The van der Waals surface area contributed by atoms with Gasteiger partial charge in [-0.3, -0.25) is 9.48 Å². The first-order valence-electron chi connectivity index (χ1n) is 8.87. The van der Waals surface area contributed by atoms with E-state index in [-0.39, 0.29) is 11.9 Å². The van der Waals surface area contributed by atoms with E-state index in [1.54, 1.807) is 6.33 Å². The largest absolute Gasteiger partial charge is 0.346 e. The van der Waals surface area contributed by atoms with E-state index in [4.69, 9.17) is 0 Å². The summed E-state index contributed by atoms with van der Waals surface area (Å²) >= 11 is 0. The number of amides is 1. The third kappa shape index (κ3) is 2.68. The number of hydrogen-bond donors (Lipinski definition) is 1. The summed E-state index contributed by atoms with van der Waals surface area (Å²) in [5.74, 6) is 0.0761. The topological polar surface area (TPSA) is 79.7 Å². The predicted molar refractivity (Wildman–Crippen MR) is 101 cm³/mol. The Morgan fingerprint density at radius 2 is 2.11 bits per heavy atom. The van der Waals surface area contributed by atoms with E-state index in [9.17, 15) is 4.79 Å². The van der Waals surface area contributed by atoms with Crippen LogP contribution in [0.25, 0.3) is 22.3 Å². The average Bonchev–Trinajstić information content (AvgIpc) is 3.29. The number of nitrogens with zero attached hydrogens (tertiary/aromatic N) is 5. The molecule has 4 heterocycles. The van der Waals surface area contributed by atoms with Crippen LogP contribution in [0.15, 0.2) is 55.2 Å². The summed E-state index contributed by atoms with van der Waals surface area (Å²) in [7, 11) is 0. The zero-order chi connectivity index (χ0) is 18.4. The molecule has 1 N–H and O–H groups in total. The van der Waals surface area contributed by atoms with Crippen molar-refractivity contribution in [3.8, 4) is 11.3 Å². The van der Waals surface area contributed by atoms with Crippen molar-refractivity contribution < 1.29 is 4.79 Å². The van der Waals surface area contributed by atoms with E-state index >= 15 is 0 Å². The van der Waals surface area contributed by atoms with Crippen molar-refractivity contribution >= 4 is 16.9 Å². The number of benzene rings is 1. The maximum Gasteiger partial charge on any atom is 0.254 e. The maximum atomic E-state index is 12.6. The number of hydrogen-bond acceptors (Lipinski definition) is 4. The predicted octanol–water partition coefficient (Wildman–Crippen LogP) is 2.83. The maximum absolute atomic E-state index is 12.6. The summed E-state index contributed by atoms with van der Waals surface area (Å²) < 4.78 is 1.93. The van der Waals surface area contributed by atoms with Gasteiger partial charge in [-0.1, -0.05) is 17.7 Å². The highest BCUT2D eigenvalue weighted by Gasteiger charge is 2.33. The lowest BCUT2D eigenvalue weighted by molar-refractivity contribution is 0.0501. The Morgan fingerprint density at radius 1 is 1.22 bits per heavy atom. The van der Waals surface area contributed by atoms with Crippen LogP contribution in [0.1, 0.15) is 22.0 Å². The van der Waals surface area contributed by atoms with E-state index in [1.807, 2.05) is 65.4 Å². The molecule has 1 fully saturated rings. The van der Waals surface area contributed by atoms with Crippen molar-refractivity contribution in [1.82, 2.24) is 29.6 Å². The molecule has 0 radical (unpaired) electrons. The quantitative estimate of drug-likeness (QED) is 0.611. The van der Waals surface area contributed by atoms with Crippen molar-refractivity contribution in [2.45, 2.75) is 13.0 Å². The summed E-state index contributed by atoms with van der Waals surface area (Å²) in [6.45, 7) is 3.32. The molecule has 0 saturated carbocycles. The first-order chi connectivity index (χ1) is 13.2. The molecule has 0 unspecified atom stereocenters. The Morgan fingerprint density at radius 3 is 2.96 bits per heavy atom. The van der Waals surface area contributed by atoms with Gasteiger partial charge in [-0.15, -0.1) is 0 Å². The molecular formula is C20H18N6O. The number of aromatic amines is 1. The number of likely N-dealkylation sites (tertiary alicyclic amines) is 1. The van der Waals surface area contributed by atoms with Crippen molar-refractivity contribution in [3.63, 3.8) is 0 Å². The van der Waals surface area contributed by atoms with Gasteiger partial charge in [0, 0.05) is 42.0 Å². The lowest BCUT2D eigenvalue weighted by Gasteiger charge is -2.39. The summed E-state index contributed by atoms with van der Waals surface area (Å²) in [6, 6.07) is 9.87. The van der Waals surface area contributed by atoms with E-state index in [1.165, 1.54) is 0 Å². The monoisotopic (exact) mass is 358 g/mol. The molecular weight excluding hydrogens is 340 g/mol. The Labute approximate surface area is 155 Å². The second-order valence-corrected chi connectivity index (χ2v) is 6.90. The molecule has 1 amide bonds. The van der Waals surface area contributed by atoms with Crippen LogP contribution in [-0.2, 0) is 0 Å². The highest BCUT2D eigenvalue weighted by molar-refractivity contribution is 5.95. The minimum absolute atomic E-state index is 0.0761. The normalized spacial score (nSPS) is 14.5. The van der Waals surface area contributed by atoms with Crippen LogP contribution in [0.2, 0.25) is 0 Å². The third-order valence-corrected chi connectivity index (χ3v) is 5.02. The van der Waals surface area contributed by atoms with Gasteiger partial charge in [-0.2, -0.15) is 5.10 Å². The molecule has 1 saturated heterocycles. The Bertz CT molecular complexity index is 1140. The fourth-order valence-corrected chi connectivity index (χ4v) is 3.51. The van der Waals surface area contributed by atoms with Crippen LogP contribution in [0.5, 0.6) is 0 Å². The molecule has 7 nitrogen and oxygen atoms in total. The van der Waals surface area contributed by atoms with Gasteiger partial charge in [-0.25, -0.2) is 9.97 Å². The van der Waals surface area contributed by atoms with Gasteiger partial charge in [0.1, 0.15) is 12.0 Å². The number of fused-ring (bicyclic) bond motifs is 1. The second-order valence-electron chi connectivity index (χ2n) is 6.90. The molecule has 5 rings (SSSR count). The van der Waals surface area contributed by atoms with Crippen LogP contribution < -0.4 is 0 Å². The number of rotatable bonds is 3. The fraction of sp³-hybridized carbons (Fsp3) is 0.200. The Balaban J connectivity index is 1.32. The molecule has 1 aliphatic rings. The van der Waals surface area contributed by atoms with Gasteiger partial charge >= 0.3 is 0 Å². The molecule has 3 aromatic heterocycles. The molecule has 27 heavy (non-hydrogen) atoms. The standard InChI is InChI=1S/C20H18N6O/c1-13-3-2-4-14(7-13)20(27)25-10-16(11-25)26-9-15(8-24-26)18-17-5-6-21-19(17)23-12-22-18/h2-9,12,16H,10-11H2,1H3,(H,21,22,23). The van der Waals surface area contributed by atoms with Crippen LogP contribution >= 0.6 is 0 Å². The van der Waals surface area contributed by atoms with Gasteiger partial charge in [0.05, 0.1) is 17.9 Å². The SMILES string of the molecule is Cc1cccc(C(=O)N2CC(n3cc(-c4ncnc5[nH]ccc45)cn3)C2)c1. The molecule has 134 valence electrons. The summed E-state index contributed by atoms with van der Waals surface area (Å²) in [6.07, 6.45) is 7.22. The van der Waals surface area contributed by atoms with Gasteiger partial charge in [0.25, 0.3) is 5.91 Å². The first kappa shape index (κ1) is 15.7. The number of carbonyl (C=O) groups is 1. The zero-order valence-corrected chi connectivity index (χ0v) is 14.8.